The van der Waals surface area contributed by atoms with E-state index in [1.54, 1.807) is 0 Å². The number of ether oxygens (including phenoxy) is 2. The minimum absolute atomic E-state index is 0.0937. The normalized spacial score (nSPS) is 24.8. The van der Waals surface area contributed by atoms with Gasteiger partial charge in [0, 0.05) is 32.1 Å². The van der Waals surface area contributed by atoms with Crippen molar-refractivity contribution < 1.29 is 9.47 Å². The lowest BCUT2D eigenvalue weighted by atomic mass is 10.1. The quantitative estimate of drug-likeness (QED) is 0.888. The summed E-state index contributed by atoms with van der Waals surface area (Å²) in [6, 6.07) is 6.64. The van der Waals surface area contributed by atoms with Crippen LogP contribution in [0.1, 0.15) is 18.1 Å². The number of morpholine rings is 1. The molecule has 0 spiro atoms. The van der Waals surface area contributed by atoms with Crippen molar-refractivity contribution in [2.45, 2.75) is 32.0 Å². The fraction of sp³-hybridized carbons (Fsp3) is 0.600. The molecule has 0 saturated carbocycles. The predicted octanol–water partition coefficient (Wildman–Crippen LogP) is 1.17. The Labute approximate surface area is 114 Å². The molecular weight excluding hydrogens is 240 g/mol. The summed E-state index contributed by atoms with van der Waals surface area (Å²) in [5, 5.41) is 0. The molecule has 2 aliphatic heterocycles. The van der Waals surface area contributed by atoms with Gasteiger partial charge in [0.1, 0.15) is 5.75 Å². The molecule has 0 aromatic heterocycles. The van der Waals surface area contributed by atoms with E-state index in [0.717, 1.165) is 45.0 Å². The second-order valence-corrected chi connectivity index (χ2v) is 5.54. The minimum atomic E-state index is 0.0937. The molecule has 1 aromatic carbocycles. The van der Waals surface area contributed by atoms with Crippen LogP contribution in [0.15, 0.2) is 18.2 Å². The molecule has 3 rings (SSSR count). The Hall–Kier alpha value is -1.10. The van der Waals surface area contributed by atoms with Gasteiger partial charge < -0.3 is 15.2 Å². The summed E-state index contributed by atoms with van der Waals surface area (Å²) < 4.78 is 11.2. The lowest BCUT2D eigenvalue weighted by Crippen LogP contribution is -2.49. The molecule has 0 amide bonds. The van der Waals surface area contributed by atoms with Gasteiger partial charge >= 0.3 is 0 Å². The molecule has 2 aliphatic rings. The Balaban J connectivity index is 1.64. The molecule has 2 atom stereocenters. The van der Waals surface area contributed by atoms with Gasteiger partial charge in [0.15, 0.2) is 0 Å². The highest BCUT2D eigenvalue weighted by molar-refractivity contribution is 5.39. The van der Waals surface area contributed by atoms with Gasteiger partial charge in [-0.3, -0.25) is 4.90 Å². The van der Waals surface area contributed by atoms with Crippen molar-refractivity contribution in [2.75, 3.05) is 26.3 Å². The van der Waals surface area contributed by atoms with Crippen molar-refractivity contribution in [2.24, 2.45) is 5.73 Å². The summed E-state index contributed by atoms with van der Waals surface area (Å²) >= 11 is 0. The van der Waals surface area contributed by atoms with Gasteiger partial charge in [-0.15, -0.1) is 0 Å². The van der Waals surface area contributed by atoms with Gasteiger partial charge in [-0.05, 0) is 24.1 Å². The van der Waals surface area contributed by atoms with E-state index < -0.39 is 0 Å². The number of nitrogens with two attached hydrogens (primary N) is 1. The van der Waals surface area contributed by atoms with Crippen LogP contribution in [0.3, 0.4) is 0 Å². The van der Waals surface area contributed by atoms with Crippen LogP contribution in [-0.4, -0.2) is 43.3 Å². The van der Waals surface area contributed by atoms with Gasteiger partial charge in [0.25, 0.3) is 0 Å². The zero-order valence-electron chi connectivity index (χ0n) is 11.5. The fourth-order valence-corrected chi connectivity index (χ4v) is 2.79. The molecule has 1 saturated heterocycles. The highest BCUT2D eigenvalue weighted by atomic mass is 16.5. The largest absolute Gasteiger partial charge is 0.493 e. The number of hydrogen-bond acceptors (Lipinski definition) is 4. The van der Waals surface area contributed by atoms with Crippen molar-refractivity contribution in [3.8, 4) is 5.75 Å². The van der Waals surface area contributed by atoms with E-state index in [9.17, 15) is 0 Å². The molecule has 19 heavy (non-hydrogen) atoms. The van der Waals surface area contributed by atoms with E-state index in [2.05, 4.69) is 23.1 Å². The second-order valence-electron chi connectivity index (χ2n) is 5.54. The van der Waals surface area contributed by atoms with Gasteiger partial charge in [-0.1, -0.05) is 12.1 Å². The molecule has 1 aromatic rings. The Kier molecular flexibility index (Phi) is 3.73. The first-order chi connectivity index (χ1) is 9.22. The number of rotatable bonds is 3. The molecule has 0 aliphatic carbocycles. The van der Waals surface area contributed by atoms with Crippen molar-refractivity contribution in [3.63, 3.8) is 0 Å². The molecule has 4 heteroatoms. The van der Waals surface area contributed by atoms with E-state index in [1.807, 2.05) is 6.92 Å². The molecule has 2 unspecified atom stereocenters. The maximum absolute atomic E-state index is 5.93. The van der Waals surface area contributed by atoms with E-state index in [4.69, 9.17) is 15.2 Å². The van der Waals surface area contributed by atoms with Crippen LogP contribution >= 0.6 is 0 Å². The molecule has 4 nitrogen and oxygen atoms in total. The average molecular weight is 262 g/mol. The third-order valence-electron chi connectivity index (χ3n) is 3.92. The Morgan fingerprint density at radius 2 is 2.32 bits per heavy atom. The number of hydrogen-bond donors (Lipinski definition) is 1. The summed E-state index contributed by atoms with van der Waals surface area (Å²) in [5.41, 5.74) is 8.63. The Bertz CT molecular complexity index is 448. The SMILES string of the molecule is CC(N)C1CN(Cc2ccc3c(c2)CCO3)CCO1. The van der Waals surface area contributed by atoms with Crippen LogP contribution in [-0.2, 0) is 17.7 Å². The van der Waals surface area contributed by atoms with Gasteiger partial charge in [-0.25, -0.2) is 0 Å². The summed E-state index contributed by atoms with van der Waals surface area (Å²) in [5.74, 6) is 1.05. The molecular formula is C15H22N2O2. The maximum Gasteiger partial charge on any atom is 0.122 e. The molecule has 1 fully saturated rings. The topological polar surface area (TPSA) is 47.7 Å². The summed E-state index contributed by atoms with van der Waals surface area (Å²) in [7, 11) is 0. The average Bonchev–Trinajstić information content (AvgIpc) is 2.86. The minimum Gasteiger partial charge on any atom is -0.493 e. The molecule has 2 heterocycles. The molecule has 0 radical (unpaired) electrons. The lowest BCUT2D eigenvalue weighted by molar-refractivity contribution is -0.0403. The number of nitrogens with zero attached hydrogens (tertiary/aromatic N) is 1. The standard InChI is InChI=1S/C15H22N2O2/c1-11(16)15-10-17(5-7-19-15)9-12-2-3-14-13(8-12)4-6-18-14/h2-3,8,11,15H,4-7,9-10,16H2,1H3. The molecule has 104 valence electrons. The first-order valence-corrected chi connectivity index (χ1v) is 7.06. The summed E-state index contributed by atoms with van der Waals surface area (Å²) in [6.07, 6.45) is 1.20. The Morgan fingerprint density at radius 3 is 3.16 bits per heavy atom. The maximum atomic E-state index is 5.93. The van der Waals surface area contributed by atoms with Crippen LogP contribution in [0.5, 0.6) is 5.75 Å². The number of benzene rings is 1. The van der Waals surface area contributed by atoms with Gasteiger partial charge in [-0.2, -0.15) is 0 Å². The van der Waals surface area contributed by atoms with E-state index in [-0.39, 0.29) is 12.1 Å². The van der Waals surface area contributed by atoms with Crippen LogP contribution < -0.4 is 10.5 Å². The molecule has 0 bridgehead atoms. The van der Waals surface area contributed by atoms with Crippen molar-refractivity contribution in [1.29, 1.82) is 0 Å². The Morgan fingerprint density at radius 1 is 1.42 bits per heavy atom. The van der Waals surface area contributed by atoms with E-state index in [1.165, 1.54) is 11.1 Å². The monoisotopic (exact) mass is 262 g/mol. The molecule has 2 N–H and O–H groups in total. The summed E-state index contributed by atoms with van der Waals surface area (Å²) in [4.78, 5) is 2.43. The lowest BCUT2D eigenvalue weighted by Gasteiger charge is -2.34. The van der Waals surface area contributed by atoms with Crippen LogP contribution in [0.25, 0.3) is 0 Å². The zero-order valence-corrected chi connectivity index (χ0v) is 11.5. The van der Waals surface area contributed by atoms with Gasteiger partial charge in [0.05, 0.1) is 19.3 Å². The van der Waals surface area contributed by atoms with Crippen LogP contribution in [0, 0.1) is 0 Å². The van der Waals surface area contributed by atoms with Gasteiger partial charge in [0.2, 0.25) is 0 Å². The van der Waals surface area contributed by atoms with Crippen molar-refractivity contribution in [1.82, 2.24) is 4.90 Å². The second kappa shape index (κ2) is 5.49. The third-order valence-corrected chi connectivity index (χ3v) is 3.92. The van der Waals surface area contributed by atoms with E-state index in [0.29, 0.717) is 0 Å². The number of fused-ring (bicyclic) bond motifs is 1. The van der Waals surface area contributed by atoms with Crippen molar-refractivity contribution in [3.05, 3.63) is 29.3 Å². The smallest absolute Gasteiger partial charge is 0.122 e. The highest BCUT2D eigenvalue weighted by Crippen LogP contribution is 2.26. The predicted molar refractivity (Wildman–Crippen MR) is 74.3 cm³/mol. The first kappa shape index (κ1) is 12.9. The van der Waals surface area contributed by atoms with E-state index >= 15 is 0 Å². The third kappa shape index (κ3) is 2.91. The van der Waals surface area contributed by atoms with Crippen molar-refractivity contribution >= 4 is 0 Å². The van der Waals surface area contributed by atoms with Crippen LogP contribution in [0.4, 0.5) is 0 Å². The van der Waals surface area contributed by atoms with Crippen LogP contribution in [0.2, 0.25) is 0 Å². The fourth-order valence-electron chi connectivity index (χ4n) is 2.79. The summed E-state index contributed by atoms with van der Waals surface area (Å²) in [6.45, 7) is 6.49. The zero-order chi connectivity index (χ0) is 13.2. The highest BCUT2D eigenvalue weighted by Gasteiger charge is 2.23. The first-order valence-electron chi connectivity index (χ1n) is 7.06.